The summed E-state index contributed by atoms with van der Waals surface area (Å²) in [6, 6.07) is 0.448. The van der Waals surface area contributed by atoms with Crippen LogP contribution in [0.15, 0.2) is 11.6 Å². The van der Waals surface area contributed by atoms with Gasteiger partial charge in [-0.1, -0.05) is 57.9 Å². The first kappa shape index (κ1) is 20.4. The Bertz CT molecular complexity index is 314. The van der Waals surface area contributed by atoms with Crippen LogP contribution >= 0.6 is 0 Å². The van der Waals surface area contributed by atoms with Gasteiger partial charge < -0.3 is 0 Å². The van der Waals surface area contributed by atoms with E-state index in [1.54, 1.807) is 6.08 Å². The fourth-order valence-electron chi connectivity index (χ4n) is 2.91. The van der Waals surface area contributed by atoms with E-state index in [0.717, 1.165) is 12.0 Å². The van der Waals surface area contributed by atoms with E-state index in [0.29, 0.717) is 10.5 Å². The molecule has 0 aliphatic heterocycles. The molecule has 1 amide bonds. The number of rotatable bonds is 11. The van der Waals surface area contributed by atoms with Gasteiger partial charge in [0.05, 0.1) is 20.1 Å². The molecular formula is C19H38NO+. The van der Waals surface area contributed by atoms with Gasteiger partial charge in [-0.05, 0) is 33.1 Å². The maximum Gasteiger partial charge on any atom is 0.338 e. The van der Waals surface area contributed by atoms with Crippen LogP contribution in [0.3, 0.4) is 0 Å². The summed E-state index contributed by atoms with van der Waals surface area (Å²) < 4.78 is 0.498. The predicted molar refractivity (Wildman–Crippen MR) is 93.2 cm³/mol. The third kappa shape index (κ3) is 8.40. The number of likely N-dealkylation sites (N-methyl/N-ethyl adjacent to an activating group) is 1. The number of nitrogens with zero attached hydrogens (tertiary/aromatic N) is 1. The summed E-state index contributed by atoms with van der Waals surface area (Å²) in [6.07, 6.45) is 13.4. The van der Waals surface area contributed by atoms with Gasteiger partial charge in [-0.2, -0.15) is 0 Å². The van der Waals surface area contributed by atoms with E-state index in [4.69, 9.17) is 0 Å². The molecule has 0 fully saturated rings. The normalized spacial score (nSPS) is 13.0. The summed E-state index contributed by atoms with van der Waals surface area (Å²) in [5, 5.41) is 0. The lowest BCUT2D eigenvalue weighted by Crippen LogP contribution is -2.52. The van der Waals surface area contributed by atoms with Gasteiger partial charge in [0.15, 0.2) is 0 Å². The Morgan fingerprint density at radius 2 is 1.48 bits per heavy atom. The molecule has 0 aromatic rings. The minimum Gasteiger partial charge on any atom is -0.259 e. The first-order valence-electron chi connectivity index (χ1n) is 8.89. The second kappa shape index (κ2) is 11.0. The van der Waals surface area contributed by atoms with Gasteiger partial charge in [0.2, 0.25) is 0 Å². The van der Waals surface area contributed by atoms with E-state index < -0.39 is 0 Å². The molecule has 0 radical (unpaired) electrons. The first-order valence-corrected chi connectivity index (χ1v) is 8.89. The van der Waals surface area contributed by atoms with Crippen molar-refractivity contribution in [3.8, 4) is 0 Å². The summed E-state index contributed by atoms with van der Waals surface area (Å²) in [5.74, 6) is 0.241. The van der Waals surface area contributed by atoms with Crippen molar-refractivity contribution in [1.82, 2.24) is 0 Å². The smallest absolute Gasteiger partial charge is 0.259 e. The molecule has 0 heterocycles. The number of hydrogen-bond donors (Lipinski definition) is 0. The molecule has 0 aliphatic carbocycles. The van der Waals surface area contributed by atoms with Crippen molar-refractivity contribution in [3.05, 3.63) is 11.6 Å². The molecule has 0 saturated heterocycles. The van der Waals surface area contributed by atoms with Crippen LogP contribution in [-0.2, 0) is 4.79 Å². The van der Waals surface area contributed by atoms with E-state index >= 15 is 0 Å². The topological polar surface area (TPSA) is 17.1 Å². The Labute approximate surface area is 133 Å². The fourth-order valence-corrected chi connectivity index (χ4v) is 2.91. The zero-order valence-corrected chi connectivity index (χ0v) is 15.4. The molecule has 2 heteroatoms. The highest BCUT2D eigenvalue weighted by atomic mass is 16.2. The van der Waals surface area contributed by atoms with Gasteiger partial charge in [-0.25, -0.2) is 4.79 Å². The van der Waals surface area contributed by atoms with Crippen LogP contribution in [0, 0.1) is 0 Å². The maximum atomic E-state index is 12.4. The molecule has 0 saturated carbocycles. The van der Waals surface area contributed by atoms with E-state index in [1.165, 1.54) is 51.4 Å². The van der Waals surface area contributed by atoms with Gasteiger partial charge in [0, 0.05) is 6.08 Å². The average molecular weight is 297 g/mol. The molecule has 0 aliphatic rings. The lowest BCUT2D eigenvalue weighted by molar-refractivity contribution is -0.839. The summed E-state index contributed by atoms with van der Waals surface area (Å²) >= 11 is 0. The molecule has 0 N–H and O–H groups in total. The summed E-state index contributed by atoms with van der Waals surface area (Å²) in [5.41, 5.74) is 1.09. The van der Waals surface area contributed by atoms with Crippen molar-refractivity contribution in [2.45, 2.75) is 91.5 Å². The molecule has 0 aromatic carbocycles. The number of unbranched alkanes of at least 4 members (excludes halogenated alkanes) is 6. The van der Waals surface area contributed by atoms with E-state index in [9.17, 15) is 4.79 Å². The van der Waals surface area contributed by atoms with Crippen LogP contribution < -0.4 is 0 Å². The van der Waals surface area contributed by atoms with Crippen LogP contribution in [0.5, 0.6) is 0 Å². The fraction of sp³-hybridized carbons (Fsp3) is 0.842. The molecule has 0 aromatic heterocycles. The SMILES string of the molecule is CCCCCCCCCC(CC)[N+](C)(C)C(=O)C=C(C)C. The molecular weight excluding hydrogens is 258 g/mol. The van der Waals surface area contributed by atoms with Crippen LogP contribution in [0.4, 0.5) is 0 Å². The van der Waals surface area contributed by atoms with Crippen LogP contribution in [0.1, 0.15) is 85.5 Å². The quantitative estimate of drug-likeness (QED) is 0.280. The number of carbonyl (C=O) groups is 1. The molecule has 0 bridgehead atoms. The Morgan fingerprint density at radius 3 is 1.95 bits per heavy atom. The number of carbonyl (C=O) groups excluding carboxylic acids is 1. The van der Waals surface area contributed by atoms with E-state index in [-0.39, 0.29) is 5.91 Å². The lowest BCUT2D eigenvalue weighted by atomic mass is 10.0. The zero-order valence-electron chi connectivity index (χ0n) is 15.4. The molecule has 1 atom stereocenters. The van der Waals surface area contributed by atoms with E-state index in [1.807, 2.05) is 13.8 Å². The van der Waals surface area contributed by atoms with Gasteiger partial charge in [-0.15, -0.1) is 0 Å². The zero-order chi connectivity index (χ0) is 16.3. The van der Waals surface area contributed by atoms with Crippen molar-refractivity contribution in [2.75, 3.05) is 14.1 Å². The Kier molecular flexibility index (Phi) is 10.7. The predicted octanol–water partition coefficient (Wildman–Crippen LogP) is 5.47. The summed E-state index contributed by atoms with van der Waals surface area (Å²) in [4.78, 5) is 12.4. The van der Waals surface area contributed by atoms with Crippen LogP contribution in [0.25, 0.3) is 0 Å². The number of amides is 1. The lowest BCUT2D eigenvalue weighted by Gasteiger charge is -2.34. The molecule has 1 unspecified atom stereocenters. The number of allylic oxidation sites excluding steroid dienone is 1. The molecule has 0 rings (SSSR count). The molecule has 21 heavy (non-hydrogen) atoms. The number of quaternary nitrogens is 1. The van der Waals surface area contributed by atoms with Crippen molar-refractivity contribution < 1.29 is 9.28 Å². The molecule has 0 spiro atoms. The molecule has 124 valence electrons. The van der Waals surface area contributed by atoms with Crippen molar-refractivity contribution >= 4 is 5.91 Å². The van der Waals surface area contributed by atoms with Gasteiger partial charge in [0.25, 0.3) is 0 Å². The maximum absolute atomic E-state index is 12.4. The van der Waals surface area contributed by atoms with Gasteiger partial charge in [0.1, 0.15) is 0 Å². The monoisotopic (exact) mass is 296 g/mol. The highest BCUT2D eigenvalue weighted by Crippen LogP contribution is 2.20. The Morgan fingerprint density at radius 1 is 0.952 bits per heavy atom. The second-order valence-corrected chi connectivity index (χ2v) is 7.07. The van der Waals surface area contributed by atoms with Gasteiger partial charge in [-0.3, -0.25) is 4.48 Å². The summed E-state index contributed by atoms with van der Waals surface area (Å²) in [6.45, 7) is 8.46. The van der Waals surface area contributed by atoms with Crippen LogP contribution in [-0.4, -0.2) is 30.5 Å². The third-order valence-electron chi connectivity index (χ3n) is 4.51. The molecule has 2 nitrogen and oxygen atoms in total. The highest BCUT2D eigenvalue weighted by molar-refractivity contribution is 5.82. The minimum atomic E-state index is 0.241. The minimum absolute atomic E-state index is 0.241. The second-order valence-electron chi connectivity index (χ2n) is 7.07. The van der Waals surface area contributed by atoms with Crippen molar-refractivity contribution in [2.24, 2.45) is 0 Å². The van der Waals surface area contributed by atoms with Crippen molar-refractivity contribution in [3.63, 3.8) is 0 Å². The van der Waals surface area contributed by atoms with Gasteiger partial charge >= 0.3 is 5.91 Å². The first-order chi connectivity index (χ1) is 9.86. The number of hydrogen-bond acceptors (Lipinski definition) is 1. The summed E-state index contributed by atoms with van der Waals surface area (Å²) in [7, 11) is 4.13. The standard InChI is InChI=1S/C19H38NO/c1-7-9-10-11-12-13-14-15-18(8-2)20(5,6)19(21)16-17(3)4/h16,18H,7-15H2,1-6H3/q+1. The van der Waals surface area contributed by atoms with Crippen molar-refractivity contribution in [1.29, 1.82) is 0 Å². The Balaban J connectivity index is 4.19. The van der Waals surface area contributed by atoms with Crippen LogP contribution in [0.2, 0.25) is 0 Å². The Hall–Kier alpha value is -0.630. The highest BCUT2D eigenvalue weighted by Gasteiger charge is 2.32. The third-order valence-corrected chi connectivity index (χ3v) is 4.51. The van der Waals surface area contributed by atoms with E-state index in [2.05, 4.69) is 27.9 Å². The largest absolute Gasteiger partial charge is 0.338 e. The average Bonchev–Trinajstić information content (AvgIpc) is 2.40.